The van der Waals surface area contributed by atoms with Gasteiger partial charge in [-0.1, -0.05) is 6.07 Å². The van der Waals surface area contributed by atoms with E-state index in [1.807, 2.05) is 31.2 Å². The molecule has 8 nitrogen and oxygen atoms in total. The van der Waals surface area contributed by atoms with Gasteiger partial charge in [0.1, 0.15) is 11.2 Å². The van der Waals surface area contributed by atoms with Crippen molar-refractivity contribution < 1.29 is 19.1 Å². The van der Waals surface area contributed by atoms with Crippen LogP contribution in [0.3, 0.4) is 0 Å². The van der Waals surface area contributed by atoms with Crippen LogP contribution in [0.1, 0.15) is 53.7 Å². The molecule has 1 aromatic carbocycles. The van der Waals surface area contributed by atoms with Crippen LogP contribution in [0.4, 0.5) is 11.4 Å². The van der Waals surface area contributed by atoms with Crippen molar-refractivity contribution in [2.24, 2.45) is 5.92 Å². The molecule has 8 heteroatoms. The summed E-state index contributed by atoms with van der Waals surface area (Å²) in [6.07, 6.45) is 3.92. The molecule has 2 aliphatic rings. The third-order valence-corrected chi connectivity index (χ3v) is 6.70. The first-order valence-corrected chi connectivity index (χ1v) is 11.7. The second kappa shape index (κ2) is 9.49. The summed E-state index contributed by atoms with van der Waals surface area (Å²) < 4.78 is 11.7. The van der Waals surface area contributed by atoms with Crippen LogP contribution in [0, 0.1) is 12.8 Å². The third-order valence-electron chi connectivity index (χ3n) is 6.70. The first-order valence-electron chi connectivity index (χ1n) is 11.7. The van der Waals surface area contributed by atoms with Crippen molar-refractivity contribution in [3.8, 4) is 0 Å². The van der Waals surface area contributed by atoms with Crippen LogP contribution in [0.25, 0.3) is 11.1 Å². The molecule has 0 unspecified atom stereocenters. The minimum absolute atomic E-state index is 0.252. The van der Waals surface area contributed by atoms with Gasteiger partial charge in [0.25, 0.3) is 5.91 Å². The van der Waals surface area contributed by atoms with Crippen LogP contribution >= 0.6 is 0 Å². The Labute approximate surface area is 193 Å². The van der Waals surface area contributed by atoms with Crippen molar-refractivity contribution in [3.63, 3.8) is 0 Å². The van der Waals surface area contributed by atoms with Gasteiger partial charge in [-0.3, -0.25) is 4.79 Å². The minimum atomic E-state index is -0.255. The van der Waals surface area contributed by atoms with Gasteiger partial charge in [0.15, 0.2) is 11.5 Å². The molecule has 0 atom stereocenters. The number of pyridine rings is 1. The Hall–Kier alpha value is -2.97. The molecule has 1 saturated carbocycles. The molecule has 1 saturated heterocycles. The lowest BCUT2D eigenvalue weighted by Crippen LogP contribution is -2.36. The quantitative estimate of drug-likeness (QED) is 0.608. The van der Waals surface area contributed by atoms with Crippen LogP contribution in [0.5, 0.6) is 0 Å². The van der Waals surface area contributed by atoms with Crippen LogP contribution in [0.2, 0.25) is 0 Å². The summed E-state index contributed by atoms with van der Waals surface area (Å²) in [5.41, 5.74) is 4.23. The van der Waals surface area contributed by atoms with Crippen molar-refractivity contribution in [2.75, 3.05) is 43.1 Å². The molecule has 5 rings (SSSR count). The third kappa shape index (κ3) is 4.72. The number of nitrogens with zero attached hydrogens (tertiary/aromatic N) is 3. The Morgan fingerprint density at radius 3 is 2.67 bits per heavy atom. The van der Waals surface area contributed by atoms with E-state index >= 15 is 0 Å². The molecule has 2 aromatic heterocycles. The van der Waals surface area contributed by atoms with Gasteiger partial charge in [-0.25, -0.2) is 9.97 Å². The van der Waals surface area contributed by atoms with Gasteiger partial charge in [0.2, 0.25) is 0 Å². The van der Waals surface area contributed by atoms with Gasteiger partial charge in [-0.2, -0.15) is 0 Å². The molecule has 1 amide bonds. The Bertz CT molecular complexity index is 1130. The average molecular weight is 451 g/mol. The predicted molar refractivity (Wildman–Crippen MR) is 126 cm³/mol. The topological polar surface area (TPSA) is 101 Å². The van der Waals surface area contributed by atoms with Crippen molar-refractivity contribution in [3.05, 3.63) is 47.6 Å². The Morgan fingerprint density at radius 1 is 1.15 bits per heavy atom. The van der Waals surface area contributed by atoms with Crippen LogP contribution in [-0.2, 0) is 4.74 Å². The average Bonchev–Trinajstić information content (AvgIpc) is 3.27. The highest BCUT2D eigenvalue weighted by Crippen LogP contribution is 2.38. The molecule has 0 bridgehead atoms. The zero-order chi connectivity index (χ0) is 22.8. The number of hydrogen-bond acceptors (Lipinski definition) is 7. The van der Waals surface area contributed by atoms with Crippen LogP contribution < -0.4 is 10.2 Å². The van der Waals surface area contributed by atoms with Crippen LogP contribution in [-0.4, -0.2) is 53.9 Å². The number of fused-ring (bicyclic) bond motifs is 1. The maximum Gasteiger partial charge on any atom is 0.274 e. The fraction of sp³-hybridized carbons (Fsp3) is 0.480. The number of nitrogens with one attached hydrogen (secondary N) is 1. The fourth-order valence-corrected chi connectivity index (χ4v) is 4.77. The van der Waals surface area contributed by atoms with Crippen molar-refractivity contribution in [2.45, 2.75) is 38.5 Å². The Kier molecular flexibility index (Phi) is 6.28. The number of benzene rings is 1. The molecule has 174 valence electrons. The monoisotopic (exact) mass is 450 g/mol. The predicted octanol–water partition coefficient (Wildman–Crippen LogP) is 3.89. The van der Waals surface area contributed by atoms with E-state index in [1.165, 1.54) is 0 Å². The zero-order valence-electron chi connectivity index (χ0n) is 18.9. The van der Waals surface area contributed by atoms with Crippen molar-refractivity contribution in [1.29, 1.82) is 0 Å². The van der Waals surface area contributed by atoms with Gasteiger partial charge in [0.05, 0.1) is 24.6 Å². The minimum Gasteiger partial charge on any atom is -0.440 e. The Balaban J connectivity index is 1.47. The lowest BCUT2D eigenvalue weighted by molar-refractivity contribution is 0.102. The van der Waals surface area contributed by atoms with Crippen LogP contribution in [0.15, 0.2) is 34.7 Å². The molecule has 2 fully saturated rings. The number of carbonyl (C=O) groups is 1. The molecular weight excluding hydrogens is 420 g/mol. The van der Waals surface area contributed by atoms with Gasteiger partial charge in [-0.05, 0) is 56.7 Å². The van der Waals surface area contributed by atoms with Gasteiger partial charge in [0, 0.05) is 37.4 Å². The zero-order valence-corrected chi connectivity index (χ0v) is 18.9. The SMILES string of the molecule is Cc1cccc(C(=O)Nc2cc3oc([C@H]4CC[C@H](CO)CC4)nc3cc2N2CCOCC2)n1. The molecule has 3 aromatic rings. The number of morpholine rings is 1. The highest BCUT2D eigenvalue weighted by molar-refractivity contribution is 6.06. The standard InChI is InChI=1S/C25H30N4O4/c1-16-3-2-4-19(26-16)24(31)27-20-14-23-21(13-22(20)29-9-11-32-12-10-29)28-25(33-23)18-7-5-17(15-30)6-8-18/h2-4,13-14,17-18,30H,5-12,15H2,1H3,(H,27,31)/t17-,18-. The van der Waals surface area contributed by atoms with Crippen molar-refractivity contribution in [1.82, 2.24) is 9.97 Å². The largest absolute Gasteiger partial charge is 0.440 e. The number of aromatic nitrogens is 2. The summed E-state index contributed by atoms with van der Waals surface area (Å²) >= 11 is 0. The number of aliphatic hydroxyl groups excluding tert-OH is 1. The lowest BCUT2D eigenvalue weighted by atomic mass is 9.82. The first kappa shape index (κ1) is 21.9. The van der Waals surface area contributed by atoms with Gasteiger partial charge in [-0.15, -0.1) is 0 Å². The van der Waals surface area contributed by atoms with E-state index in [0.29, 0.717) is 36.1 Å². The highest BCUT2D eigenvalue weighted by atomic mass is 16.5. The summed E-state index contributed by atoms with van der Waals surface area (Å²) in [5.74, 6) is 1.14. The number of rotatable bonds is 5. The summed E-state index contributed by atoms with van der Waals surface area (Å²) in [5, 5.41) is 12.5. The smallest absolute Gasteiger partial charge is 0.274 e. The van der Waals surface area contributed by atoms with E-state index in [-0.39, 0.29) is 18.4 Å². The highest BCUT2D eigenvalue weighted by Gasteiger charge is 2.27. The molecular formula is C25H30N4O4. The van der Waals surface area contributed by atoms with E-state index in [4.69, 9.17) is 14.1 Å². The second-order valence-electron chi connectivity index (χ2n) is 9.01. The number of amides is 1. The normalized spacial score (nSPS) is 21.3. The molecule has 0 spiro atoms. The molecule has 1 aliphatic carbocycles. The number of carbonyl (C=O) groups excluding carboxylic acids is 1. The van der Waals surface area contributed by atoms with E-state index in [0.717, 1.165) is 61.6 Å². The van der Waals surface area contributed by atoms with E-state index in [2.05, 4.69) is 15.2 Å². The first-order chi connectivity index (χ1) is 16.1. The molecule has 0 radical (unpaired) electrons. The molecule has 1 aliphatic heterocycles. The maximum absolute atomic E-state index is 13.0. The van der Waals surface area contributed by atoms with E-state index < -0.39 is 0 Å². The number of oxazole rings is 1. The van der Waals surface area contributed by atoms with E-state index in [1.54, 1.807) is 6.07 Å². The molecule has 3 heterocycles. The molecule has 2 N–H and O–H groups in total. The van der Waals surface area contributed by atoms with Gasteiger partial charge >= 0.3 is 0 Å². The number of aryl methyl sites for hydroxylation is 1. The van der Waals surface area contributed by atoms with Crippen molar-refractivity contribution >= 4 is 28.4 Å². The van der Waals surface area contributed by atoms with E-state index in [9.17, 15) is 9.90 Å². The summed E-state index contributed by atoms with van der Waals surface area (Å²) in [6, 6.07) is 9.30. The maximum atomic E-state index is 13.0. The second-order valence-corrected chi connectivity index (χ2v) is 9.01. The number of hydrogen-bond donors (Lipinski definition) is 2. The lowest BCUT2D eigenvalue weighted by Gasteiger charge is -2.30. The summed E-state index contributed by atoms with van der Waals surface area (Å²) in [4.78, 5) is 24.4. The Morgan fingerprint density at radius 2 is 1.94 bits per heavy atom. The van der Waals surface area contributed by atoms with Gasteiger partial charge < -0.3 is 24.5 Å². The summed E-state index contributed by atoms with van der Waals surface area (Å²) in [7, 11) is 0. The number of ether oxygens (including phenoxy) is 1. The molecule has 33 heavy (non-hydrogen) atoms. The fourth-order valence-electron chi connectivity index (χ4n) is 4.77. The summed E-state index contributed by atoms with van der Waals surface area (Å²) in [6.45, 7) is 4.89. The number of aliphatic hydroxyl groups is 1. The number of anilines is 2.